The van der Waals surface area contributed by atoms with Crippen LogP contribution < -0.4 is 10.2 Å². The standard InChI is InChI=1S/C18H26N2O/c1-14-7-9-15(10-8-14)13-19-16-4-2-5-17(12-16)20-11-3-6-18(20)21/h2,4-5,12,14-15,19H,3,6-11,13H2,1H3. The van der Waals surface area contributed by atoms with Gasteiger partial charge in [0.2, 0.25) is 5.91 Å². The Hall–Kier alpha value is -1.51. The molecular formula is C18H26N2O. The Balaban J connectivity index is 1.57. The third kappa shape index (κ3) is 3.58. The summed E-state index contributed by atoms with van der Waals surface area (Å²) < 4.78 is 0. The molecule has 1 N–H and O–H groups in total. The number of nitrogens with zero attached hydrogens (tertiary/aromatic N) is 1. The van der Waals surface area contributed by atoms with Crippen LogP contribution in [0.2, 0.25) is 0 Å². The van der Waals surface area contributed by atoms with Crippen LogP contribution in [-0.2, 0) is 4.79 Å². The molecule has 0 aromatic heterocycles. The van der Waals surface area contributed by atoms with E-state index < -0.39 is 0 Å². The molecule has 0 spiro atoms. The van der Waals surface area contributed by atoms with E-state index in [9.17, 15) is 4.79 Å². The van der Waals surface area contributed by atoms with E-state index in [1.54, 1.807) is 0 Å². The van der Waals surface area contributed by atoms with E-state index >= 15 is 0 Å². The first kappa shape index (κ1) is 14.4. The van der Waals surface area contributed by atoms with Gasteiger partial charge < -0.3 is 10.2 Å². The molecule has 0 atom stereocenters. The van der Waals surface area contributed by atoms with Crippen molar-refractivity contribution in [2.75, 3.05) is 23.3 Å². The highest BCUT2D eigenvalue weighted by atomic mass is 16.2. The van der Waals surface area contributed by atoms with Crippen LogP contribution in [0.4, 0.5) is 11.4 Å². The lowest BCUT2D eigenvalue weighted by Gasteiger charge is -2.26. The molecule has 1 aliphatic heterocycles. The zero-order valence-corrected chi connectivity index (χ0v) is 13.0. The molecule has 0 unspecified atom stereocenters. The number of carbonyl (C=O) groups is 1. The summed E-state index contributed by atoms with van der Waals surface area (Å²) in [6.07, 6.45) is 7.11. The van der Waals surface area contributed by atoms with Crippen molar-refractivity contribution in [3.63, 3.8) is 0 Å². The minimum Gasteiger partial charge on any atom is -0.385 e. The number of carbonyl (C=O) groups excluding carboxylic acids is 1. The van der Waals surface area contributed by atoms with Crippen LogP contribution in [0.25, 0.3) is 0 Å². The van der Waals surface area contributed by atoms with Gasteiger partial charge in [-0.15, -0.1) is 0 Å². The summed E-state index contributed by atoms with van der Waals surface area (Å²) in [4.78, 5) is 13.7. The Morgan fingerprint density at radius 2 is 2.05 bits per heavy atom. The van der Waals surface area contributed by atoms with Crippen LogP contribution in [0.5, 0.6) is 0 Å². The van der Waals surface area contributed by atoms with Crippen molar-refractivity contribution in [1.29, 1.82) is 0 Å². The molecule has 1 saturated heterocycles. The van der Waals surface area contributed by atoms with Gasteiger partial charge in [-0.2, -0.15) is 0 Å². The Kier molecular flexibility index (Phi) is 4.47. The normalized spacial score (nSPS) is 26.1. The fourth-order valence-electron chi connectivity index (χ4n) is 3.50. The largest absolute Gasteiger partial charge is 0.385 e. The van der Waals surface area contributed by atoms with Crippen molar-refractivity contribution in [2.45, 2.75) is 45.4 Å². The second-order valence-electron chi connectivity index (χ2n) is 6.71. The van der Waals surface area contributed by atoms with Gasteiger partial charge in [0.1, 0.15) is 0 Å². The third-order valence-corrected chi connectivity index (χ3v) is 4.96. The molecule has 1 heterocycles. The van der Waals surface area contributed by atoms with Crippen molar-refractivity contribution in [3.8, 4) is 0 Å². The topological polar surface area (TPSA) is 32.3 Å². The van der Waals surface area contributed by atoms with Gasteiger partial charge in [0.05, 0.1) is 0 Å². The van der Waals surface area contributed by atoms with Gasteiger partial charge in [-0.1, -0.05) is 25.8 Å². The monoisotopic (exact) mass is 286 g/mol. The predicted molar refractivity (Wildman–Crippen MR) is 87.6 cm³/mol. The van der Waals surface area contributed by atoms with Gasteiger partial charge in [-0.3, -0.25) is 4.79 Å². The quantitative estimate of drug-likeness (QED) is 0.905. The van der Waals surface area contributed by atoms with Crippen molar-refractivity contribution in [1.82, 2.24) is 0 Å². The summed E-state index contributed by atoms with van der Waals surface area (Å²) in [5.41, 5.74) is 2.19. The van der Waals surface area contributed by atoms with Crippen LogP contribution >= 0.6 is 0 Å². The average Bonchev–Trinajstić information content (AvgIpc) is 2.93. The highest BCUT2D eigenvalue weighted by Crippen LogP contribution is 2.29. The summed E-state index contributed by atoms with van der Waals surface area (Å²) in [7, 11) is 0. The molecule has 1 aliphatic carbocycles. The zero-order valence-electron chi connectivity index (χ0n) is 13.0. The SMILES string of the molecule is CC1CCC(CNc2cccc(N3CCCC3=O)c2)CC1. The number of nitrogens with one attached hydrogen (secondary N) is 1. The molecule has 3 heteroatoms. The van der Waals surface area contributed by atoms with Gasteiger partial charge >= 0.3 is 0 Å². The smallest absolute Gasteiger partial charge is 0.227 e. The Labute approximate surface area is 127 Å². The fourth-order valence-corrected chi connectivity index (χ4v) is 3.50. The molecule has 114 valence electrons. The zero-order chi connectivity index (χ0) is 14.7. The molecule has 21 heavy (non-hydrogen) atoms. The van der Waals surface area contributed by atoms with E-state index in [4.69, 9.17) is 0 Å². The molecule has 1 aromatic carbocycles. The first-order valence-corrected chi connectivity index (χ1v) is 8.36. The van der Waals surface area contributed by atoms with Crippen molar-refractivity contribution < 1.29 is 4.79 Å². The summed E-state index contributed by atoms with van der Waals surface area (Å²) in [5, 5.41) is 3.57. The number of benzene rings is 1. The van der Waals surface area contributed by atoms with E-state index in [1.807, 2.05) is 17.0 Å². The molecule has 0 radical (unpaired) electrons. The molecule has 3 nitrogen and oxygen atoms in total. The summed E-state index contributed by atoms with van der Waals surface area (Å²) >= 11 is 0. The molecule has 2 fully saturated rings. The Morgan fingerprint density at radius 3 is 2.76 bits per heavy atom. The maximum absolute atomic E-state index is 11.8. The Bertz CT molecular complexity index is 492. The highest BCUT2D eigenvalue weighted by molar-refractivity contribution is 5.95. The summed E-state index contributed by atoms with van der Waals surface area (Å²) in [5.74, 6) is 1.97. The Morgan fingerprint density at radius 1 is 1.24 bits per heavy atom. The molecule has 3 rings (SSSR count). The van der Waals surface area contributed by atoms with Crippen molar-refractivity contribution in [2.24, 2.45) is 11.8 Å². The first-order valence-electron chi connectivity index (χ1n) is 8.36. The highest BCUT2D eigenvalue weighted by Gasteiger charge is 2.22. The molecular weight excluding hydrogens is 260 g/mol. The number of amides is 1. The number of rotatable bonds is 4. The van der Waals surface area contributed by atoms with Crippen LogP contribution in [-0.4, -0.2) is 19.0 Å². The molecule has 0 bridgehead atoms. The van der Waals surface area contributed by atoms with Gasteiger partial charge in [0, 0.05) is 30.9 Å². The van der Waals surface area contributed by atoms with Gasteiger partial charge in [0.25, 0.3) is 0 Å². The molecule has 1 aromatic rings. The maximum Gasteiger partial charge on any atom is 0.227 e. The van der Waals surface area contributed by atoms with Crippen LogP contribution in [0.1, 0.15) is 45.4 Å². The van der Waals surface area contributed by atoms with E-state index in [1.165, 1.54) is 25.7 Å². The fraction of sp³-hybridized carbons (Fsp3) is 0.611. The van der Waals surface area contributed by atoms with E-state index in [-0.39, 0.29) is 5.91 Å². The minimum atomic E-state index is 0.258. The molecule has 1 saturated carbocycles. The van der Waals surface area contributed by atoms with E-state index in [0.29, 0.717) is 6.42 Å². The summed E-state index contributed by atoms with van der Waals surface area (Å²) in [6.45, 7) is 4.28. The predicted octanol–water partition coefficient (Wildman–Crippen LogP) is 4.05. The number of hydrogen-bond acceptors (Lipinski definition) is 2. The van der Waals surface area contributed by atoms with Gasteiger partial charge in [-0.05, 0) is 49.3 Å². The van der Waals surface area contributed by atoms with Gasteiger partial charge in [0.15, 0.2) is 0 Å². The van der Waals surface area contributed by atoms with Crippen LogP contribution in [0.3, 0.4) is 0 Å². The first-order chi connectivity index (χ1) is 10.2. The van der Waals surface area contributed by atoms with E-state index in [2.05, 4.69) is 24.4 Å². The van der Waals surface area contributed by atoms with Crippen LogP contribution in [0, 0.1) is 11.8 Å². The van der Waals surface area contributed by atoms with Crippen molar-refractivity contribution in [3.05, 3.63) is 24.3 Å². The lowest BCUT2D eigenvalue weighted by Crippen LogP contribution is -2.24. The average molecular weight is 286 g/mol. The molecule has 1 amide bonds. The third-order valence-electron chi connectivity index (χ3n) is 4.96. The van der Waals surface area contributed by atoms with Crippen molar-refractivity contribution >= 4 is 17.3 Å². The second kappa shape index (κ2) is 6.50. The van der Waals surface area contributed by atoms with E-state index in [0.717, 1.165) is 42.7 Å². The molecule has 2 aliphatic rings. The van der Waals surface area contributed by atoms with Crippen LogP contribution in [0.15, 0.2) is 24.3 Å². The maximum atomic E-state index is 11.8. The second-order valence-corrected chi connectivity index (χ2v) is 6.71. The summed E-state index contributed by atoms with van der Waals surface area (Å²) in [6, 6.07) is 8.31. The van der Waals surface area contributed by atoms with Gasteiger partial charge in [-0.25, -0.2) is 0 Å². The number of hydrogen-bond donors (Lipinski definition) is 1. The minimum absolute atomic E-state index is 0.258. The number of anilines is 2. The lowest BCUT2D eigenvalue weighted by molar-refractivity contribution is -0.117. The lowest BCUT2D eigenvalue weighted by atomic mass is 9.83.